The largest absolute Gasteiger partial charge is 0.469 e. The molecule has 114 valence electrons. The van der Waals surface area contributed by atoms with E-state index >= 15 is 0 Å². The monoisotopic (exact) mass is 297 g/mol. The number of esters is 1. The van der Waals surface area contributed by atoms with Gasteiger partial charge in [-0.2, -0.15) is 0 Å². The number of carbonyl (C=O) groups excluding carboxylic acids is 2. The van der Waals surface area contributed by atoms with Gasteiger partial charge in [-0.3, -0.25) is 9.59 Å². The molecule has 1 aromatic carbocycles. The SMILES string of the molecule is COC(=O)[C@@]1(C)CCN(C(=O)Cc2ccc(F)c(F)c2)C1. The Morgan fingerprint density at radius 3 is 2.67 bits per heavy atom. The molecule has 1 saturated heterocycles. The van der Waals surface area contributed by atoms with E-state index in [-0.39, 0.29) is 24.8 Å². The molecule has 0 radical (unpaired) electrons. The summed E-state index contributed by atoms with van der Waals surface area (Å²) in [5.74, 6) is -2.47. The molecule has 1 fully saturated rings. The minimum Gasteiger partial charge on any atom is -0.469 e. The average Bonchev–Trinajstić information content (AvgIpc) is 2.86. The molecule has 2 rings (SSSR count). The molecule has 1 amide bonds. The molecule has 6 heteroatoms. The molecule has 1 aliphatic rings. The highest BCUT2D eigenvalue weighted by Gasteiger charge is 2.42. The molecule has 1 atom stereocenters. The molecule has 0 aliphatic carbocycles. The number of ether oxygens (including phenoxy) is 1. The number of halogens is 2. The molecule has 0 spiro atoms. The third-order valence-electron chi connectivity index (χ3n) is 3.84. The van der Waals surface area contributed by atoms with E-state index < -0.39 is 17.0 Å². The molecule has 0 saturated carbocycles. The Morgan fingerprint density at radius 1 is 1.33 bits per heavy atom. The van der Waals surface area contributed by atoms with Crippen LogP contribution in [-0.4, -0.2) is 37.0 Å². The highest BCUT2D eigenvalue weighted by Crippen LogP contribution is 2.31. The maximum Gasteiger partial charge on any atom is 0.313 e. The summed E-state index contributed by atoms with van der Waals surface area (Å²) in [6, 6.07) is 3.40. The summed E-state index contributed by atoms with van der Waals surface area (Å²) < 4.78 is 30.7. The van der Waals surface area contributed by atoms with Crippen molar-refractivity contribution in [2.24, 2.45) is 5.41 Å². The predicted octanol–water partition coefficient (Wildman–Crippen LogP) is 1.92. The smallest absolute Gasteiger partial charge is 0.313 e. The van der Waals surface area contributed by atoms with Crippen molar-refractivity contribution in [2.45, 2.75) is 19.8 Å². The van der Waals surface area contributed by atoms with Crippen molar-refractivity contribution in [3.63, 3.8) is 0 Å². The van der Waals surface area contributed by atoms with E-state index in [1.807, 2.05) is 0 Å². The van der Waals surface area contributed by atoms with Crippen molar-refractivity contribution in [1.29, 1.82) is 0 Å². The fourth-order valence-electron chi connectivity index (χ4n) is 2.52. The van der Waals surface area contributed by atoms with Gasteiger partial charge in [-0.25, -0.2) is 8.78 Å². The second kappa shape index (κ2) is 5.79. The third-order valence-corrected chi connectivity index (χ3v) is 3.84. The lowest BCUT2D eigenvalue weighted by Crippen LogP contribution is -2.36. The van der Waals surface area contributed by atoms with Gasteiger partial charge in [0.05, 0.1) is 18.9 Å². The summed E-state index contributed by atoms with van der Waals surface area (Å²) in [5.41, 5.74) is -0.288. The van der Waals surface area contributed by atoms with Crippen LogP contribution >= 0.6 is 0 Å². The Morgan fingerprint density at radius 2 is 2.05 bits per heavy atom. The van der Waals surface area contributed by atoms with Crippen LogP contribution in [0, 0.1) is 17.0 Å². The molecular weight excluding hydrogens is 280 g/mol. The van der Waals surface area contributed by atoms with Crippen LogP contribution in [0.4, 0.5) is 8.78 Å². The summed E-state index contributed by atoms with van der Waals surface area (Å²) in [4.78, 5) is 25.4. The van der Waals surface area contributed by atoms with Crippen molar-refractivity contribution in [2.75, 3.05) is 20.2 Å². The first-order valence-corrected chi connectivity index (χ1v) is 6.66. The number of likely N-dealkylation sites (tertiary alicyclic amines) is 1. The molecule has 21 heavy (non-hydrogen) atoms. The number of methoxy groups -OCH3 is 1. The third kappa shape index (κ3) is 3.20. The zero-order valence-electron chi connectivity index (χ0n) is 12.0. The van der Waals surface area contributed by atoms with Crippen molar-refractivity contribution in [1.82, 2.24) is 4.90 Å². The Labute approximate surface area is 121 Å². The maximum atomic E-state index is 13.1. The van der Waals surface area contributed by atoms with E-state index in [1.54, 1.807) is 11.8 Å². The van der Waals surface area contributed by atoms with Crippen LogP contribution < -0.4 is 0 Å². The van der Waals surface area contributed by atoms with Crippen LogP contribution in [0.25, 0.3) is 0 Å². The molecule has 0 aromatic heterocycles. The van der Waals surface area contributed by atoms with Gasteiger partial charge in [-0.15, -0.1) is 0 Å². The van der Waals surface area contributed by atoms with Crippen LogP contribution in [0.2, 0.25) is 0 Å². The lowest BCUT2D eigenvalue weighted by molar-refractivity contribution is -0.151. The number of hydrogen-bond acceptors (Lipinski definition) is 3. The average molecular weight is 297 g/mol. The standard InChI is InChI=1S/C15H17F2NO3/c1-15(14(20)21-2)5-6-18(9-15)13(19)8-10-3-4-11(16)12(17)7-10/h3-4,7H,5-6,8-9H2,1-2H3/t15-/m0/s1. The predicted molar refractivity (Wildman–Crippen MR) is 71.4 cm³/mol. The first kappa shape index (κ1) is 15.4. The molecule has 0 unspecified atom stereocenters. The van der Waals surface area contributed by atoms with E-state index in [1.165, 1.54) is 13.2 Å². The number of carbonyl (C=O) groups is 2. The van der Waals surface area contributed by atoms with Gasteiger partial charge in [0, 0.05) is 13.1 Å². The highest BCUT2D eigenvalue weighted by molar-refractivity contribution is 5.82. The van der Waals surface area contributed by atoms with Crippen LogP contribution in [-0.2, 0) is 20.7 Å². The Kier molecular flexibility index (Phi) is 4.25. The Bertz CT molecular complexity index is 576. The minimum atomic E-state index is -0.971. The van der Waals surface area contributed by atoms with Crippen LogP contribution in [0.15, 0.2) is 18.2 Å². The fourth-order valence-corrected chi connectivity index (χ4v) is 2.52. The van der Waals surface area contributed by atoms with Crippen molar-refractivity contribution < 1.29 is 23.1 Å². The second-order valence-corrected chi connectivity index (χ2v) is 5.54. The number of rotatable bonds is 3. The molecule has 0 N–H and O–H groups in total. The van der Waals surface area contributed by atoms with Gasteiger partial charge in [-0.05, 0) is 31.0 Å². The van der Waals surface area contributed by atoms with Gasteiger partial charge in [0.1, 0.15) is 0 Å². The van der Waals surface area contributed by atoms with E-state index in [2.05, 4.69) is 0 Å². The summed E-state index contributed by atoms with van der Waals surface area (Å²) in [6.07, 6.45) is 0.512. The number of hydrogen-bond donors (Lipinski definition) is 0. The van der Waals surface area contributed by atoms with E-state index in [9.17, 15) is 18.4 Å². The number of nitrogens with zero attached hydrogens (tertiary/aromatic N) is 1. The van der Waals surface area contributed by atoms with E-state index in [0.717, 1.165) is 12.1 Å². The van der Waals surface area contributed by atoms with E-state index in [4.69, 9.17) is 4.74 Å². The van der Waals surface area contributed by atoms with Crippen LogP contribution in [0.3, 0.4) is 0 Å². The summed E-state index contributed by atoms with van der Waals surface area (Å²) in [5, 5.41) is 0. The van der Waals surface area contributed by atoms with Gasteiger partial charge in [0.2, 0.25) is 5.91 Å². The van der Waals surface area contributed by atoms with Gasteiger partial charge < -0.3 is 9.64 Å². The highest BCUT2D eigenvalue weighted by atomic mass is 19.2. The topological polar surface area (TPSA) is 46.6 Å². The lowest BCUT2D eigenvalue weighted by atomic mass is 9.90. The van der Waals surface area contributed by atoms with Gasteiger partial charge in [0.15, 0.2) is 11.6 Å². The summed E-state index contributed by atoms with van der Waals surface area (Å²) in [7, 11) is 1.32. The second-order valence-electron chi connectivity index (χ2n) is 5.54. The van der Waals surface area contributed by atoms with Crippen LogP contribution in [0.1, 0.15) is 18.9 Å². The minimum absolute atomic E-state index is 0.0194. The Hall–Kier alpha value is -1.98. The molecule has 1 aliphatic heterocycles. The number of benzene rings is 1. The fraction of sp³-hybridized carbons (Fsp3) is 0.467. The van der Waals surface area contributed by atoms with Gasteiger partial charge in [-0.1, -0.05) is 6.07 Å². The van der Waals surface area contributed by atoms with Crippen molar-refractivity contribution in [3.8, 4) is 0 Å². The van der Waals surface area contributed by atoms with Crippen molar-refractivity contribution >= 4 is 11.9 Å². The maximum absolute atomic E-state index is 13.1. The zero-order valence-corrected chi connectivity index (χ0v) is 12.0. The van der Waals surface area contributed by atoms with Gasteiger partial charge in [0.25, 0.3) is 0 Å². The summed E-state index contributed by atoms with van der Waals surface area (Å²) >= 11 is 0. The molecule has 1 aromatic rings. The van der Waals surface area contributed by atoms with Gasteiger partial charge >= 0.3 is 5.97 Å². The Balaban J connectivity index is 2.02. The number of amides is 1. The molecule has 0 bridgehead atoms. The zero-order chi connectivity index (χ0) is 15.6. The quantitative estimate of drug-likeness (QED) is 0.801. The molecule has 4 nitrogen and oxygen atoms in total. The first-order chi connectivity index (χ1) is 9.85. The first-order valence-electron chi connectivity index (χ1n) is 6.66. The molecular formula is C15H17F2NO3. The van der Waals surface area contributed by atoms with Crippen LogP contribution in [0.5, 0.6) is 0 Å². The summed E-state index contributed by atoms with van der Waals surface area (Å²) in [6.45, 7) is 2.49. The normalized spacial score (nSPS) is 21.4. The van der Waals surface area contributed by atoms with Crippen molar-refractivity contribution in [3.05, 3.63) is 35.4 Å². The lowest BCUT2D eigenvalue weighted by Gasteiger charge is -2.21. The van der Waals surface area contributed by atoms with E-state index in [0.29, 0.717) is 18.5 Å². The molecule has 1 heterocycles.